The van der Waals surface area contributed by atoms with Crippen molar-refractivity contribution in [3.8, 4) is 11.5 Å². The molecule has 28 heavy (non-hydrogen) atoms. The predicted octanol–water partition coefficient (Wildman–Crippen LogP) is 1.01. The highest BCUT2D eigenvalue weighted by Crippen LogP contribution is 2.32. The van der Waals surface area contributed by atoms with Crippen LogP contribution in [0.15, 0.2) is 34.2 Å². The number of hydrogen-bond donors (Lipinski definition) is 2. The number of fused-ring (bicyclic) bond motifs is 1. The van der Waals surface area contributed by atoms with Crippen LogP contribution in [0.4, 0.5) is 0 Å². The maximum absolute atomic E-state index is 12.4. The first-order valence-corrected chi connectivity index (χ1v) is 9.32. The van der Waals surface area contributed by atoms with Crippen molar-refractivity contribution in [3.63, 3.8) is 0 Å². The molecule has 0 saturated heterocycles. The first kappa shape index (κ1) is 19.7. The lowest BCUT2D eigenvalue weighted by Gasteiger charge is -2.12. The minimum atomic E-state index is -0.509. The van der Waals surface area contributed by atoms with E-state index in [1.165, 1.54) is 13.2 Å². The summed E-state index contributed by atoms with van der Waals surface area (Å²) in [5.74, 6) is 0.617. The van der Waals surface area contributed by atoms with Gasteiger partial charge >= 0.3 is 5.97 Å². The quantitative estimate of drug-likeness (QED) is 0.398. The summed E-state index contributed by atoms with van der Waals surface area (Å²) in [6, 6.07) is 6.69. The molecule has 0 spiro atoms. The van der Waals surface area contributed by atoms with Gasteiger partial charge in [0.15, 0.2) is 16.7 Å². The van der Waals surface area contributed by atoms with E-state index >= 15 is 0 Å². The number of thioether (sulfide) groups is 1. The van der Waals surface area contributed by atoms with E-state index in [4.69, 9.17) is 9.47 Å². The van der Waals surface area contributed by atoms with Gasteiger partial charge in [-0.25, -0.2) is 4.98 Å². The Bertz CT molecular complexity index is 945. The molecule has 2 heterocycles. The van der Waals surface area contributed by atoms with Crippen LogP contribution in [0.2, 0.25) is 0 Å². The highest BCUT2D eigenvalue weighted by molar-refractivity contribution is 8.00. The van der Waals surface area contributed by atoms with E-state index < -0.39 is 16.8 Å². The van der Waals surface area contributed by atoms with Crippen LogP contribution in [0.25, 0.3) is 0 Å². The molecule has 1 aromatic heterocycles. The van der Waals surface area contributed by atoms with Crippen LogP contribution in [0.1, 0.15) is 18.2 Å². The van der Waals surface area contributed by atoms with Crippen molar-refractivity contribution in [1.29, 1.82) is 0 Å². The van der Waals surface area contributed by atoms with Crippen LogP contribution in [-0.4, -0.2) is 41.0 Å². The summed E-state index contributed by atoms with van der Waals surface area (Å²) >= 11 is 1.09. The SMILES string of the molecule is COC(=O)Cc1cc(=O)[nH]c(S[C@@H](C)C(=O)NCc2ccc3c(c2)OCO3)n1. The van der Waals surface area contributed by atoms with Gasteiger partial charge in [-0.05, 0) is 24.6 Å². The fourth-order valence-corrected chi connectivity index (χ4v) is 3.31. The number of benzene rings is 1. The Labute approximate surface area is 164 Å². The summed E-state index contributed by atoms with van der Waals surface area (Å²) in [6.07, 6.45) is -0.112. The molecule has 0 saturated carbocycles. The Morgan fingerprint density at radius 3 is 2.89 bits per heavy atom. The van der Waals surface area contributed by atoms with Gasteiger partial charge in [0, 0.05) is 12.6 Å². The third-order valence-corrected chi connectivity index (χ3v) is 4.87. The number of esters is 1. The van der Waals surface area contributed by atoms with E-state index in [1.54, 1.807) is 13.0 Å². The van der Waals surface area contributed by atoms with Gasteiger partial charge in [0.05, 0.1) is 24.5 Å². The maximum Gasteiger partial charge on any atom is 0.311 e. The monoisotopic (exact) mass is 405 g/mol. The van der Waals surface area contributed by atoms with Crippen molar-refractivity contribution in [1.82, 2.24) is 15.3 Å². The lowest BCUT2D eigenvalue weighted by molar-refractivity contribution is -0.139. The van der Waals surface area contributed by atoms with Crippen LogP contribution in [0.3, 0.4) is 0 Å². The fourth-order valence-electron chi connectivity index (χ4n) is 2.45. The van der Waals surface area contributed by atoms with Crippen molar-refractivity contribution in [2.75, 3.05) is 13.9 Å². The Balaban J connectivity index is 1.58. The molecule has 3 rings (SSSR count). The average molecular weight is 405 g/mol. The van der Waals surface area contributed by atoms with Gasteiger partial charge in [-0.15, -0.1) is 0 Å². The minimum Gasteiger partial charge on any atom is -0.469 e. The standard InChI is InChI=1S/C18H19N3O6S/c1-10(28-18-20-12(6-15(22)21-18)7-16(23)25-2)17(24)19-8-11-3-4-13-14(5-11)27-9-26-13/h3-6,10H,7-9H2,1-2H3,(H,19,24)(H,20,21,22)/t10-/m0/s1. The van der Waals surface area contributed by atoms with E-state index in [1.807, 2.05) is 12.1 Å². The Kier molecular flexibility index (Phi) is 6.19. The minimum absolute atomic E-state index is 0.112. The number of carbonyl (C=O) groups is 2. The summed E-state index contributed by atoms with van der Waals surface area (Å²) in [6.45, 7) is 2.22. The Morgan fingerprint density at radius 1 is 1.32 bits per heavy atom. The summed E-state index contributed by atoms with van der Waals surface area (Å²) in [5.41, 5.74) is 0.761. The first-order valence-electron chi connectivity index (χ1n) is 8.44. The van der Waals surface area contributed by atoms with Crippen LogP contribution >= 0.6 is 11.8 Å². The van der Waals surface area contributed by atoms with Crippen molar-refractivity contribution in [3.05, 3.63) is 45.9 Å². The molecule has 1 atom stereocenters. The third-order valence-electron chi connectivity index (χ3n) is 3.89. The number of nitrogens with zero attached hydrogens (tertiary/aromatic N) is 1. The van der Waals surface area contributed by atoms with Crippen molar-refractivity contribution in [2.45, 2.75) is 30.3 Å². The molecule has 1 aliphatic rings. The van der Waals surface area contributed by atoms with Gasteiger partial charge in [0.1, 0.15) is 0 Å². The lowest BCUT2D eigenvalue weighted by Crippen LogP contribution is -2.30. The van der Waals surface area contributed by atoms with Crippen molar-refractivity contribution < 1.29 is 23.8 Å². The largest absolute Gasteiger partial charge is 0.469 e. The topological polar surface area (TPSA) is 120 Å². The van der Waals surface area contributed by atoms with Gasteiger partial charge in [-0.1, -0.05) is 17.8 Å². The summed E-state index contributed by atoms with van der Waals surface area (Å²) in [5, 5.41) is 2.58. The number of rotatable bonds is 7. The molecule has 148 valence electrons. The number of hydrogen-bond acceptors (Lipinski definition) is 8. The van der Waals surface area contributed by atoms with Gasteiger partial charge in [-0.2, -0.15) is 0 Å². The number of methoxy groups -OCH3 is 1. The number of H-pyrrole nitrogens is 1. The lowest BCUT2D eigenvalue weighted by atomic mass is 10.2. The number of amides is 1. The maximum atomic E-state index is 12.4. The van der Waals surface area contributed by atoms with Crippen molar-refractivity contribution >= 4 is 23.6 Å². The molecular weight excluding hydrogens is 386 g/mol. The van der Waals surface area contributed by atoms with E-state index in [9.17, 15) is 14.4 Å². The molecule has 0 aliphatic carbocycles. The highest BCUT2D eigenvalue weighted by atomic mass is 32.2. The second-order valence-electron chi connectivity index (χ2n) is 5.96. The summed E-state index contributed by atoms with van der Waals surface area (Å²) in [4.78, 5) is 42.2. The number of aromatic nitrogens is 2. The number of ether oxygens (including phenoxy) is 3. The summed E-state index contributed by atoms with van der Waals surface area (Å²) in [7, 11) is 1.26. The molecule has 0 radical (unpaired) electrons. The van der Waals surface area contributed by atoms with Crippen LogP contribution in [0, 0.1) is 0 Å². The molecule has 9 nitrogen and oxygen atoms in total. The molecule has 2 aromatic rings. The van der Waals surface area contributed by atoms with E-state index in [-0.39, 0.29) is 30.0 Å². The zero-order valence-electron chi connectivity index (χ0n) is 15.3. The third kappa shape index (κ3) is 5.03. The van der Waals surface area contributed by atoms with Crippen LogP contribution < -0.4 is 20.3 Å². The molecule has 1 aromatic carbocycles. The zero-order valence-corrected chi connectivity index (χ0v) is 16.1. The Hall–Kier alpha value is -3.01. The second kappa shape index (κ2) is 8.79. The molecule has 1 aliphatic heterocycles. The average Bonchev–Trinajstić information content (AvgIpc) is 3.13. The molecule has 0 unspecified atom stereocenters. The number of carbonyl (C=O) groups excluding carboxylic acids is 2. The second-order valence-corrected chi connectivity index (χ2v) is 7.29. The Morgan fingerprint density at radius 2 is 2.11 bits per heavy atom. The molecule has 0 fully saturated rings. The normalized spacial score (nSPS) is 13.1. The van der Waals surface area contributed by atoms with Gasteiger partial charge in [0.2, 0.25) is 12.7 Å². The smallest absolute Gasteiger partial charge is 0.311 e. The van der Waals surface area contributed by atoms with Crippen molar-refractivity contribution in [2.24, 2.45) is 0 Å². The van der Waals surface area contributed by atoms with E-state index in [0.29, 0.717) is 18.0 Å². The van der Waals surface area contributed by atoms with Gasteiger partial charge in [-0.3, -0.25) is 14.4 Å². The molecular formula is C18H19N3O6S. The fraction of sp³-hybridized carbons (Fsp3) is 0.333. The summed E-state index contributed by atoms with van der Waals surface area (Å²) < 4.78 is 15.1. The first-order chi connectivity index (χ1) is 13.4. The molecule has 2 N–H and O–H groups in total. The van der Waals surface area contributed by atoms with Gasteiger partial charge in [0.25, 0.3) is 5.56 Å². The number of aromatic amines is 1. The van der Waals surface area contributed by atoms with E-state index in [0.717, 1.165) is 17.3 Å². The predicted molar refractivity (Wildman–Crippen MR) is 100 cm³/mol. The van der Waals surface area contributed by atoms with E-state index in [2.05, 4.69) is 20.0 Å². The molecule has 1 amide bonds. The molecule has 10 heteroatoms. The highest BCUT2D eigenvalue weighted by Gasteiger charge is 2.18. The van der Waals surface area contributed by atoms with Crippen LogP contribution in [0.5, 0.6) is 11.5 Å². The molecule has 0 bridgehead atoms. The number of nitrogens with one attached hydrogen (secondary N) is 2. The van der Waals surface area contributed by atoms with Gasteiger partial charge < -0.3 is 24.5 Å². The zero-order chi connectivity index (χ0) is 20.1. The van der Waals surface area contributed by atoms with Crippen LogP contribution in [-0.2, 0) is 27.3 Å².